The van der Waals surface area contributed by atoms with Crippen molar-refractivity contribution < 1.29 is 4.79 Å². The number of nitrogens with one attached hydrogen (secondary N) is 1. The van der Waals surface area contributed by atoms with Crippen LogP contribution in [0.15, 0.2) is 48.5 Å². The Morgan fingerprint density at radius 1 is 0.957 bits per heavy atom. The predicted molar refractivity (Wildman–Crippen MR) is 95.7 cm³/mol. The van der Waals surface area contributed by atoms with Crippen LogP contribution < -0.4 is 10.2 Å². The summed E-state index contributed by atoms with van der Waals surface area (Å²) >= 11 is 12.3. The molecule has 0 aromatic heterocycles. The number of nitrogens with zero attached hydrogens (tertiary/aromatic N) is 2. The first-order valence-corrected chi connectivity index (χ1v) is 8.20. The van der Waals surface area contributed by atoms with Gasteiger partial charge in [0.05, 0.1) is 10.7 Å². The highest BCUT2D eigenvalue weighted by atomic mass is 35.5. The molecule has 1 heterocycles. The van der Waals surface area contributed by atoms with E-state index in [0.717, 1.165) is 24.5 Å². The largest absolute Gasteiger partial charge is 0.367 e. The maximum absolute atomic E-state index is 12.3. The summed E-state index contributed by atoms with van der Waals surface area (Å²) in [4.78, 5) is 16.2. The third-order valence-electron chi connectivity index (χ3n) is 3.84. The number of urea groups is 1. The van der Waals surface area contributed by atoms with Crippen molar-refractivity contribution in [2.24, 2.45) is 0 Å². The molecule has 0 unspecified atom stereocenters. The number of amides is 2. The Bertz CT molecular complexity index is 685. The second-order valence-electron chi connectivity index (χ2n) is 5.37. The minimum atomic E-state index is -0.0759. The van der Waals surface area contributed by atoms with Crippen molar-refractivity contribution in [3.63, 3.8) is 0 Å². The Labute approximate surface area is 145 Å². The van der Waals surface area contributed by atoms with E-state index in [4.69, 9.17) is 23.2 Å². The molecule has 0 atom stereocenters. The van der Waals surface area contributed by atoms with Crippen LogP contribution in [0.25, 0.3) is 0 Å². The van der Waals surface area contributed by atoms with Gasteiger partial charge in [-0.2, -0.15) is 0 Å². The standard InChI is InChI=1S/C17H17Cl2N3O/c18-13-6-7-15(19)16(12-13)21-8-10-22(11-9-21)17(23)20-14-4-2-1-3-5-14/h1-7,12H,8-11H2,(H,20,23). The van der Waals surface area contributed by atoms with Crippen LogP contribution in [0.5, 0.6) is 0 Å². The first-order chi connectivity index (χ1) is 11.1. The molecule has 1 fully saturated rings. The van der Waals surface area contributed by atoms with Crippen LogP contribution in [0.1, 0.15) is 0 Å². The summed E-state index contributed by atoms with van der Waals surface area (Å²) in [6.45, 7) is 2.73. The molecule has 2 aromatic carbocycles. The molecule has 4 nitrogen and oxygen atoms in total. The van der Waals surface area contributed by atoms with Crippen LogP contribution in [-0.2, 0) is 0 Å². The molecular weight excluding hydrogens is 333 g/mol. The van der Waals surface area contributed by atoms with Gasteiger partial charge in [0.15, 0.2) is 0 Å². The molecule has 23 heavy (non-hydrogen) atoms. The molecule has 1 aliphatic heterocycles. The fourth-order valence-corrected chi connectivity index (χ4v) is 3.01. The average Bonchev–Trinajstić information content (AvgIpc) is 2.58. The number of halogens is 2. The lowest BCUT2D eigenvalue weighted by Crippen LogP contribution is -2.50. The van der Waals surface area contributed by atoms with Gasteiger partial charge in [-0.25, -0.2) is 4.79 Å². The zero-order chi connectivity index (χ0) is 16.2. The topological polar surface area (TPSA) is 35.6 Å². The first-order valence-electron chi connectivity index (χ1n) is 7.44. The fourth-order valence-electron chi connectivity index (χ4n) is 2.60. The zero-order valence-electron chi connectivity index (χ0n) is 12.5. The van der Waals surface area contributed by atoms with Gasteiger partial charge in [0.25, 0.3) is 0 Å². The van der Waals surface area contributed by atoms with Crippen LogP contribution in [0.2, 0.25) is 10.0 Å². The van der Waals surface area contributed by atoms with Gasteiger partial charge in [-0.15, -0.1) is 0 Å². The van der Waals surface area contributed by atoms with Crippen molar-refractivity contribution in [2.45, 2.75) is 0 Å². The SMILES string of the molecule is O=C(Nc1ccccc1)N1CCN(c2cc(Cl)ccc2Cl)CC1. The molecule has 0 radical (unpaired) electrons. The van der Waals surface area contributed by atoms with Gasteiger partial charge in [-0.1, -0.05) is 41.4 Å². The lowest BCUT2D eigenvalue weighted by atomic mass is 10.2. The predicted octanol–water partition coefficient (Wildman–Crippen LogP) is 4.35. The maximum Gasteiger partial charge on any atom is 0.321 e. The molecule has 6 heteroatoms. The highest BCUT2D eigenvalue weighted by Crippen LogP contribution is 2.29. The van der Waals surface area contributed by atoms with Crippen molar-refractivity contribution in [1.29, 1.82) is 0 Å². The van der Waals surface area contributed by atoms with Crippen LogP contribution in [0.4, 0.5) is 16.2 Å². The van der Waals surface area contributed by atoms with E-state index in [0.29, 0.717) is 23.1 Å². The molecule has 1 saturated heterocycles. The van der Waals surface area contributed by atoms with Crippen LogP contribution in [0.3, 0.4) is 0 Å². The van der Waals surface area contributed by atoms with E-state index in [1.54, 1.807) is 12.1 Å². The highest BCUT2D eigenvalue weighted by molar-refractivity contribution is 6.35. The van der Waals surface area contributed by atoms with Crippen molar-refractivity contribution in [2.75, 3.05) is 36.4 Å². The fraction of sp³-hybridized carbons (Fsp3) is 0.235. The summed E-state index contributed by atoms with van der Waals surface area (Å²) in [5.41, 5.74) is 1.72. The van der Waals surface area contributed by atoms with E-state index in [1.807, 2.05) is 41.3 Å². The van der Waals surface area contributed by atoms with Gasteiger partial charge in [0.2, 0.25) is 0 Å². The Morgan fingerprint density at radius 3 is 2.35 bits per heavy atom. The number of hydrogen-bond acceptors (Lipinski definition) is 2. The molecule has 0 bridgehead atoms. The summed E-state index contributed by atoms with van der Waals surface area (Å²) in [5.74, 6) is 0. The van der Waals surface area contributed by atoms with E-state index in [9.17, 15) is 4.79 Å². The smallest absolute Gasteiger partial charge is 0.321 e. The van der Waals surface area contributed by atoms with Gasteiger partial charge >= 0.3 is 6.03 Å². The summed E-state index contributed by atoms with van der Waals surface area (Å²) < 4.78 is 0. The molecular formula is C17H17Cl2N3O. The van der Waals surface area contributed by atoms with Crippen LogP contribution >= 0.6 is 23.2 Å². The number of hydrogen-bond donors (Lipinski definition) is 1. The summed E-state index contributed by atoms with van der Waals surface area (Å²) in [5, 5.41) is 4.25. The number of benzene rings is 2. The molecule has 0 aliphatic carbocycles. The van der Waals surface area contributed by atoms with Crippen molar-refractivity contribution in [1.82, 2.24) is 4.90 Å². The average molecular weight is 350 g/mol. The van der Waals surface area contributed by atoms with E-state index < -0.39 is 0 Å². The Hall–Kier alpha value is -1.91. The third kappa shape index (κ3) is 3.89. The maximum atomic E-state index is 12.3. The monoisotopic (exact) mass is 349 g/mol. The molecule has 3 rings (SSSR count). The van der Waals surface area contributed by atoms with Gasteiger partial charge in [0.1, 0.15) is 0 Å². The Kier molecular flexibility index (Phi) is 4.94. The molecule has 0 saturated carbocycles. The summed E-state index contributed by atoms with van der Waals surface area (Å²) in [6.07, 6.45) is 0. The second-order valence-corrected chi connectivity index (χ2v) is 6.21. The molecule has 0 spiro atoms. The minimum absolute atomic E-state index is 0.0759. The van der Waals surface area contributed by atoms with Crippen molar-refractivity contribution >= 4 is 40.6 Å². The number of carbonyl (C=O) groups excluding carboxylic acids is 1. The number of carbonyl (C=O) groups is 1. The van der Waals surface area contributed by atoms with E-state index >= 15 is 0 Å². The Balaban J connectivity index is 1.60. The van der Waals surface area contributed by atoms with Gasteiger partial charge in [-0.05, 0) is 30.3 Å². The molecule has 1 aliphatic rings. The molecule has 2 amide bonds. The number of para-hydroxylation sites is 1. The molecule has 2 aromatic rings. The number of anilines is 2. The van der Waals surface area contributed by atoms with Crippen LogP contribution in [0, 0.1) is 0 Å². The van der Waals surface area contributed by atoms with Crippen molar-refractivity contribution in [3.8, 4) is 0 Å². The number of rotatable bonds is 2. The zero-order valence-corrected chi connectivity index (χ0v) is 14.0. The third-order valence-corrected chi connectivity index (χ3v) is 4.40. The quantitative estimate of drug-likeness (QED) is 0.874. The van der Waals surface area contributed by atoms with Crippen molar-refractivity contribution in [3.05, 3.63) is 58.6 Å². The molecule has 120 valence electrons. The van der Waals surface area contributed by atoms with Crippen LogP contribution in [-0.4, -0.2) is 37.1 Å². The lowest BCUT2D eigenvalue weighted by Gasteiger charge is -2.36. The normalized spacial score (nSPS) is 14.7. The number of piperazine rings is 1. The molecule has 1 N–H and O–H groups in total. The second kappa shape index (κ2) is 7.11. The van der Waals surface area contributed by atoms with E-state index in [1.165, 1.54) is 0 Å². The lowest BCUT2D eigenvalue weighted by molar-refractivity contribution is 0.208. The van der Waals surface area contributed by atoms with E-state index in [-0.39, 0.29) is 6.03 Å². The highest BCUT2D eigenvalue weighted by Gasteiger charge is 2.22. The van der Waals surface area contributed by atoms with Gasteiger partial charge < -0.3 is 15.1 Å². The van der Waals surface area contributed by atoms with Gasteiger partial charge in [-0.3, -0.25) is 0 Å². The minimum Gasteiger partial charge on any atom is -0.367 e. The first kappa shape index (κ1) is 16.0. The summed E-state index contributed by atoms with van der Waals surface area (Å²) in [7, 11) is 0. The summed E-state index contributed by atoms with van der Waals surface area (Å²) in [6, 6.07) is 14.8. The van der Waals surface area contributed by atoms with Gasteiger partial charge in [0, 0.05) is 36.9 Å². The Morgan fingerprint density at radius 2 is 1.65 bits per heavy atom. The van der Waals surface area contributed by atoms with E-state index in [2.05, 4.69) is 10.2 Å².